The first-order chi connectivity index (χ1) is 7.79. The molecule has 1 N–H and O–H groups in total. The number of nitrogens with one attached hydrogen (secondary N) is 1. The Morgan fingerprint density at radius 2 is 2.06 bits per heavy atom. The quantitative estimate of drug-likeness (QED) is 0.818. The fourth-order valence-corrected chi connectivity index (χ4v) is 2.31. The lowest BCUT2D eigenvalue weighted by molar-refractivity contribution is -0.135. The van der Waals surface area contributed by atoms with Crippen molar-refractivity contribution in [3.05, 3.63) is 0 Å². The van der Waals surface area contributed by atoms with Gasteiger partial charge in [0, 0.05) is 25.0 Å². The Morgan fingerprint density at radius 3 is 2.47 bits per heavy atom. The van der Waals surface area contributed by atoms with Crippen LogP contribution in [0.1, 0.15) is 53.9 Å². The minimum absolute atomic E-state index is 0.0767. The summed E-state index contributed by atoms with van der Waals surface area (Å²) in [5, 5.41) is 3.47. The van der Waals surface area contributed by atoms with Crippen LogP contribution in [0.15, 0.2) is 0 Å². The zero-order valence-corrected chi connectivity index (χ0v) is 12.0. The standard InChI is InChI=1S/C14H28N2O/c1-11(2)16(10-12-7-6-8-15-12)13(17)9-14(3,4)5/h11-12,15H,6-10H2,1-5H3. The molecular weight excluding hydrogens is 212 g/mol. The molecule has 0 bridgehead atoms. The second kappa shape index (κ2) is 5.85. The molecule has 3 nitrogen and oxygen atoms in total. The maximum absolute atomic E-state index is 12.3. The van der Waals surface area contributed by atoms with E-state index in [0.29, 0.717) is 24.4 Å². The molecule has 1 unspecified atom stereocenters. The number of nitrogens with zero attached hydrogens (tertiary/aromatic N) is 1. The van der Waals surface area contributed by atoms with Crippen molar-refractivity contribution in [1.82, 2.24) is 10.2 Å². The molecule has 1 atom stereocenters. The van der Waals surface area contributed by atoms with Crippen molar-refractivity contribution in [2.75, 3.05) is 13.1 Å². The Hall–Kier alpha value is -0.570. The van der Waals surface area contributed by atoms with Crippen LogP contribution < -0.4 is 5.32 Å². The van der Waals surface area contributed by atoms with Gasteiger partial charge >= 0.3 is 0 Å². The molecule has 0 saturated carbocycles. The molecule has 0 aromatic heterocycles. The number of carbonyl (C=O) groups is 1. The fourth-order valence-electron chi connectivity index (χ4n) is 2.31. The molecule has 1 aliphatic heterocycles. The zero-order chi connectivity index (χ0) is 13.1. The first kappa shape index (κ1) is 14.5. The maximum Gasteiger partial charge on any atom is 0.223 e. The molecule has 0 radical (unpaired) electrons. The third-order valence-electron chi connectivity index (χ3n) is 3.20. The molecule has 0 aromatic rings. The molecule has 100 valence electrons. The summed E-state index contributed by atoms with van der Waals surface area (Å²) in [5.41, 5.74) is 0.0767. The van der Waals surface area contributed by atoms with E-state index in [-0.39, 0.29) is 5.41 Å². The van der Waals surface area contributed by atoms with Crippen LogP contribution in [-0.2, 0) is 4.79 Å². The fraction of sp³-hybridized carbons (Fsp3) is 0.929. The molecule has 1 fully saturated rings. The number of amides is 1. The van der Waals surface area contributed by atoms with Gasteiger partial charge in [-0.05, 0) is 38.6 Å². The first-order valence-corrected chi connectivity index (χ1v) is 6.82. The van der Waals surface area contributed by atoms with Crippen molar-refractivity contribution < 1.29 is 4.79 Å². The van der Waals surface area contributed by atoms with Crippen molar-refractivity contribution in [3.63, 3.8) is 0 Å². The zero-order valence-electron chi connectivity index (χ0n) is 12.0. The minimum Gasteiger partial charge on any atom is -0.339 e. The Balaban J connectivity index is 2.55. The third-order valence-corrected chi connectivity index (χ3v) is 3.20. The highest BCUT2D eigenvalue weighted by molar-refractivity contribution is 5.77. The Kier molecular flexibility index (Phi) is 4.99. The summed E-state index contributed by atoms with van der Waals surface area (Å²) in [6, 6.07) is 0.800. The molecule has 0 aliphatic carbocycles. The molecule has 3 heteroatoms. The van der Waals surface area contributed by atoms with Gasteiger partial charge in [0.05, 0.1) is 0 Å². The van der Waals surface area contributed by atoms with Crippen LogP contribution in [0.5, 0.6) is 0 Å². The van der Waals surface area contributed by atoms with E-state index in [1.54, 1.807) is 0 Å². The first-order valence-electron chi connectivity index (χ1n) is 6.82. The van der Waals surface area contributed by atoms with E-state index in [1.165, 1.54) is 12.8 Å². The minimum atomic E-state index is 0.0767. The lowest BCUT2D eigenvalue weighted by Gasteiger charge is -2.32. The van der Waals surface area contributed by atoms with Gasteiger partial charge in [-0.2, -0.15) is 0 Å². The lowest BCUT2D eigenvalue weighted by atomic mass is 9.91. The second-order valence-corrected chi connectivity index (χ2v) is 6.67. The number of hydrogen-bond acceptors (Lipinski definition) is 2. The van der Waals surface area contributed by atoms with Crippen LogP contribution in [0, 0.1) is 5.41 Å². The summed E-state index contributed by atoms with van der Waals surface area (Å²) in [5.74, 6) is 0.293. The largest absolute Gasteiger partial charge is 0.339 e. The number of rotatable bonds is 4. The average Bonchev–Trinajstić information content (AvgIpc) is 2.62. The Bertz CT molecular complexity index is 249. The summed E-state index contributed by atoms with van der Waals surface area (Å²) in [7, 11) is 0. The van der Waals surface area contributed by atoms with E-state index in [2.05, 4.69) is 39.9 Å². The average molecular weight is 240 g/mol. The maximum atomic E-state index is 12.3. The molecule has 1 amide bonds. The van der Waals surface area contributed by atoms with E-state index >= 15 is 0 Å². The van der Waals surface area contributed by atoms with Crippen LogP contribution in [-0.4, -0.2) is 36.0 Å². The summed E-state index contributed by atoms with van der Waals surface area (Å²) in [6.45, 7) is 12.5. The summed E-state index contributed by atoms with van der Waals surface area (Å²) in [6.07, 6.45) is 3.08. The molecule has 1 saturated heterocycles. The van der Waals surface area contributed by atoms with Gasteiger partial charge in [0.25, 0.3) is 0 Å². The lowest BCUT2D eigenvalue weighted by Crippen LogP contribution is -2.45. The molecule has 0 spiro atoms. The van der Waals surface area contributed by atoms with Gasteiger partial charge < -0.3 is 10.2 Å². The Morgan fingerprint density at radius 1 is 1.41 bits per heavy atom. The van der Waals surface area contributed by atoms with E-state index in [1.807, 2.05) is 4.90 Å². The van der Waals surface area contributed by atoms with Gasteiger partial charge in [-0.3, -0.25) is 4.79 Å². The van der Waals surface area contributed by atoms with Crippen molar-refractivity contribution >= 4 is 5.91 Å². The molecule has 1 heterocycles. The van der Waals surface area contributed by atoms with E-state index < -0.39 is 0 Å². The molecule has 1 aliphatic rings. The van der Waals surface area contributed by atoms with Crippen molar-refractivity contribution in [1.29, 1.82) is 0 Å². The van der Waals surface area contributed by atoms with Gasteiger partial charge in [0.15, 0.2) is 0 Å². The van der Waals surface area contributed by atoms with Gasteiger partial charge in [0.2, 0.25) is 5.91 Å². The van der Waals surface area contributed by atoms with Crippen molar-refractivity contribution in [2.24, 2.45) is 5.41 Å². The van der Waals surface area contributed by atoms with Crippen molar-refractivity contribution in [2.45, 2.75) is 66.0 Å². The van der Waals surface area contributed by atoms with Gasteiger partial charge in [-0.1, -0.05) is 20.8 Å². The Labute approximate surface area is 106 Å². The normalized spacial score (nSPS) is 20.9. The van der Waals surface area contributed by atoms with Crippen LogP contribution in [0.2, 0.25) is 0 Å². The predicted octanol–water partition coefficient (Wildman–Crippen LogP) is 2.41. The highest BCUT2D eigenvalue weighted by Crippen LogP contribution is 2.21. The van der Waals surface area contributed by atoms with Crippen LogP contribution in [0.3, 0.4) is 0 Å². The summed E-state index contributed by atoms with van der Waals surface area (Å²) >= 11 is 0. The SMILES string of the molecule is CC(C)N(CC1CCCN1)C(=O)CC(C)(C)C. The summed E-state index contributed by atoms with van der Waals surface area (Å²) in [4.78, 5) is 14.3. The highest BCUT2D eigenvalue weighted by atomic mass is 16.2. The second-order valence-electron chi connectivity index (χ2n) is 6.67. The van der Waals surface area contributed by atoms with Gasteiger partial charge in [-0.15, -0.1) is 0 Å². The summed E-state index contributed by atoms with van der Waals surface area (Å²) < 4.78 is 0. The van der Waals surface area contributed by atoms with E-state index in [0.717, 1.165) is 13.1 Å². The van der Waals surface area contributed by atoms with Crippen LogP contribution in [0.4, 0.5) is 0 Å². The monoisotopic (exact) mass is 240 g/mol. The molecule has 17 heavy (non-hydrogen) atoms. The number of carbonyl (C=O) groups excluding carboxylic acids is 1. The topological polar surface area (TPSA) is 32.3 Å². The highest BCUT2D eigenvalue weighted by Gasteiger charge is 2.26. The number of hydrogen-bond donors (Lipinski definition) is 1. The predicted molar refractivity (Wildman–Crippen MR) is 71.9 cm³/mol. The van der Waals surface area contributed by atoms with E-state index in [9.17, 15) is 4.79 Å². The molecule has 1 rings (SSSR count). The van der Waals surface area contributed by atoms with Gasteiger partial charge in [-0.25, -0.2) is 0 Å². The van der Waals surface area contributed by atoms with Crippen molar-refractivity contribution in [3.8, 4) is 0 Å². The van der Waals surface area contributed by atoms with Crippen LogP contribution in [0.25, 0.3) is 0 Å². The third kappa shape index (κ3) is 5.07. The van der Waals surface area contributed by atoms with Crippen LogP contribution >= 0.6 is 0 Å². The molecular formula is C14H28N2O. The molecule has 0 aromatic carbocycles. The smallest absolute Gasteiger partial charge is 0.223 e. The van der Waals surface area contributed by atoms with E-state index in [4.69, 9.17) is 0 Å². The van der Waals surface area contributed by atoms with Gasteiger partial charge in [0.1, 0.15) is 0 Å².